The molecule has 2 aromatic rings. The van der Waals surface area contributed by atoms with Gasteiger partial charge in [-0.05, 0) is 51.2 Å². The first-order valence-electron chi connectivity index (χ1n) is 11.3. The molecule has 1 aliphatic heterocycles. The third-order valence-electron chi connectivity index (χ3n) is 5.74. The smallest absolute Gasteiger partial charge is 0.247 e. The number of likely N-dealkylation sites (N-methyl/N-ethyl adjacent to an activating group) is 1. The minimum atomic E-state index is -3.91. The third kappa shape index (κ3) is 6.34. The monoisotopic (exact) mass is 487 g/mol. The number of aliphatic hydroxyl groups excluding tert-OH is 2. The van der Waals surface area contributed by atoms with Crippen molar-refractivity contribution in [2.24, 2.45) is 5.92 Å². The van der Waals surface area contributed by atoms with Crippen LogP contribution in [0, 0.1) is 17.8 Å². The van der Waals surface area contributed by atoms with Gasteiger partial charge in [0.25, 0.3) is 0 Å². The summed E-state index contributed by atoms with van der Waals surface area (Å²) in [5, 5.41) is 19.3. The van der Waals surface area contributed by atoms with E-state index in [4.69, 9.17) is 4.74 Å². The predicted octanol–water partition coefficient (Wildman–Crippen LogP) is 1.71. The highest BCUT2D eigenvalue weighted by Gasteiger charge is 2.38. The number of ether oxygens (including phenoxy) is 1. The van der Waals surface area contributed by atoms with Gasteiger partial charge >= 0.3 is 0 Å². The van der Waals surface area contributed by atoms with Crippen LogP contribution in [-0.2, 0) is 16.6 Å². The van der Waals surface area contributed by atoms with Gasteiger partial charge in [0.05, 0.1) is 12.3 Å². The van der Waals surface area contributed by atoms with Crippen LogP contribution in [0.1, 0.15) is 32.0 Å². The molecular formula is C25H33N3O5S. The van der Waals surface area contributed by atoms with Crippen molar-refractivity contribution in [3.63, 3.8) is 0 Å². The van der Waals surface area contributed by atoms with Crippen molar-refractivity contribution in [2.45, 2.75) is 50.5 Å². The Hall–Kier alpha value is -2.48. The van der Waals surface area contributed by atoms with Gasteiger partial charge in [-0.15, -0.1) is 0 Å². The van der Waals surface area contributed by atoms with Crippen LogP contribution in [0.5, 0.6) is 5.75 Å². The standard InChI is InChI=1S/C25H33N3O5S/c1-18-14-28(19(2)17-29)34(31,32)25-11-10-21(9-8-20(3)30)13-23(25)33-24(18)16-27(4)15-22-7-5-6-12-26-22/h5-7,10-13,18-20,24,29-30H,14-17H2,1-4H3/t18-,19-,20+,24+/m1/s1. The second-order valence-electron chi connectivity index (χ2n) is 8.86. The summed E-state index contributed by atoms with van der Waals surface area (Å²) in [6.07, 6.45) is 0.625. The molecule has 0 unspecified atom stereocenters. The van der Waals surface area contributed by atoms with E-state index in [1.54, 1.807) is 32.2 Å². The summed E-state index contributed by atoms with van der Waals surface area (Å²) in [4.78, 5) is 6.51. The number of aliphatic hydroxyl groups is 2. The molecule has 9 heteroatoms. The van der Waals surface area contributed by atoms with Gasteiger partial charge < -0.3 is 14.9 Å². The topological polar surface area (TPSA) is 103 Å². The normalized spacial score (nSPS) is 21.9. The molecule has 0 radical (unpaired) electrons. The van der Waals surface area contributed by atoms with Crippen LogP contribution < -0.4 is 4.74 Å². The summed E-state index contributed by atoms with van der Waals surface area (Å²) in [5.41, 5.74) is 1.48. The number of hydrogen-bond acceptors (Lipinski definition) is 7. The Kier molecular flexibility index (Phi) is 8.68. The Morgan fingerprint density at radius 3 is 2.71 bits per heavy atom. The number of nitrogens with zero attached hydrogens (tertiary/aromatic N) is 3. The van der Waals surface area contributed by atoms with Gasteiger partial charge in [0.2, 0.25) is 10.0 Å². The first-order valence-corrected chi connectivity index (χ1v) is 12.8. The molecule has 1 aromatic heterocycles. The molecule has 1 aromatic carbocycles. The fourth-order valence-electron chi connectivity index (χ4n) is 3.85. The van der Waals surface area contributed by atoms with Crippen molar-refractivity contribution in [1.29, 1.82) is 0 Å². The molecule has 184 valence electrons. The number of benzene rings is 1. The molecule has 0 spiro atoms. The zero-order valence-corrected chi connectivity index (χ0v) is 20.9. The van der Waals surface area contributed by atoms with Crippen molar-refractivity contribution in [1.82, 2.24) is 14.2 Å². The maximum absolute atomic E-state index is 13.5. The first kappa shape index (κ1) is 26.1. The van der Waals surface area contributed by atoms with E-state index >= 15 is 0 Å². The highest BCUT2D eigenvalue weighted by molar-refractivity contribution is 7.89. The lowest BCUT2D eigenvalue weighted by Gasteiger charge is -2.37. The lowest BCUT2D eigenvalue weighted by atomic mass is 10.0. The predicted molar refractivity (Wildman–Crippen MR) is 130 cm³/mol. The van der Waals surface area contributed by atoms with Crippen molar-refractivity contribution >= 4 is 10.0 Å². The molecule has 0 fully saturated rings. The molecule has 0 saturated heterocycles. The number of pyridine rings is 1. The van der Waals surface area contributed by atoms with E-state index in [0.717, 1.165) is 5.69 Å². The minimum absolute atomic E-state index is 0.0414. The maximum atomic E-state index is 13.5. The molecule has 34 heavy (non-hydrogen) atoms. The number of fused-ring (bicyclic) bond motifs is 1. The Bertz CT molecular complexity index is 1130. The van der Waals surface area contributed by atoms with E-state index in [1.807, 2.05) is 32.2 Å². The highest BCUT2D eigenvalue weighted by atomic mass is 32.2. The highest BCUT2D eigenvalue weighted by Crippen LogP contribution is 2.34. The van der Waals surface area contributed by atoms with E-state index in [2.05, 4.69) is 21.7 Å². The van der Waals surface area contributed by atoms with Crippen LogP contribution in [0.2, 0.25) is 0 Å². The van der Waals surface area contributed by atoms with Gasteiger partial charge in [0, 0.05) is 43.4 Å². The molecule has 1 aliphatic rings. The van der Waals surface area contributed by atoms with E-state index in [0.29, 0.717) is 18.7 Å². The molecule has 0 amide bonds. The number of sulfonamides is 1. The van der Waals surface area contributed by atoms with Crippen molar-refractivity contribution < 1.29 is 23.4 Å². The van der Waals surface area contributed by atoms with Gasteiger partial charge in [0.1, 0.15) is 22.9 Å². The Labute approximate surface area is 202 Å². The van der Waals surface area contributed by atoms with Gasteiger partial charge in [-0.2, -0.15) is 4.31 Å². The van der Waals surface area contributed by atoms with Gasteiger partial charge in [-0.25, -0.2) is 8.42 Å². The number of hydrogen-bond donors (Lipinski definition) is 2. The number of aromatic nitrogens is 1. The minimum Gasteiger partial charge on any atom is -0.487 e. The average Bonchev–Trinajstić information content (AvgIpc) is 2.80. The first-order chi connectivity index (χ1) is 16.1. The molecule has 4 atom stereocenters. The second kappa shape index (κ2) is 11.3. The second-order valence-corrected chi connectivity index (χ2v) is 10.7. The zero-order valence-electron chi connectivity index (χ0n) is 20.0. The molecule has 3 rings (SSSR count). The summed E-state index contributed by atoms with van der Waals surface area (Å²) >= 11 is 0. The van der Waals surface area contributed by atoms with Crippen LogP contribution in [0.3, 0.4) is 0 Å². The fraction of sp³-hybridized carbons (Fsp3) is 0.480. The lowest BCUT2D eigenvalue weighted by molar-refractivity contribution is 0.0730. The Morgan fingerprint density at radius 1 is 1.29 bits per heavy atom. The maximum Gasteiger partial charge on any atom is 0.247 e. The van der Waals surface area contributed by atoms with Crippen LogP contribution in [0.15, 0.2) is 47.5 Å². The molecule has 2 heterocycles. The molecule has 2 N–H and O–H groups in total. The lowest BCUT2D eigenvalue weighted by Crippen LogP contribution is -2.49. The largest absolute Gasteiger partial charge is 0.487 e. The van der Waals surface area contributed by atoms with E-state index < -0.39 is 22.2 Å². The summed E-state index contributed by atoms with van der Waals surface area (Å²) in [5.74, 6) is 5.59. The summed E-state index contributed by atoms with van der Waals surface area (Å²) in [7, 11) is -1.94. The van der Waals surface area contributed by atoms with Crippen molar-refractivity contribution in [3.8, 4) is 17.6 Å². The van der Waals surface area contributed by atoms with Crippen LogP contribution in [0.4, 0.5) is 0 Å². The Morgan fingerprint density at radius 2 is 2.06 bits per heavy atom. The average molecular weight is 488 g/mol. The SMILES string of the molecule is C[C@H](O)C#Cc1ccc2c(c1)O[C@@H](CN(C)Cc1ccccn1)[C@H](C)CN([C@H](C)CO)S2(=O)=O. The van der Waals surface area contributed by atoms with Crippen molar-refractivity contribution in [3.05, 3.63) is 53.9 Å². The summed E-state index contributed by atoms with van der Waals surface area (Å²) in [6.45, 7) is 6.30. The Balaban J connectivity index is 1.99. The fourth-order valence-corrected chi connectivity index (χ4v) is 5.67. The zero-order chi connectivity index (χ0) is 24.9. The van der Waals surface area contributed by atoms with Crippen LogP contribution in [-0.4, -0.2) is 77.8 Å². The van der Waals surface area contributed by atoms with Gasteiger partial charge in [-0.3, -0.25) is 9.88 Å². The molecule has 0 bridgehead atoms. The summed E-state index contributed by atoms with van der Waals surface area (Å²) in [6, 6.07) is 9.88. The van der Waals surface area contributed by atoms with Crippen molar-refractivity contribution in [2.75, 3.05) is 26.7 Å². The van der Waals surface area contributed by atoms with Gasteiger partial charge in [-0.1, -0.05) is 24.8 Å². The van der Waals surface area contributed by atoms with Gasteiger partial charge in [0.15, 0.2) is 0 Å². The molecular weight excluding hydrogens is 454 g/mol. The quantitative estimate of drug-likeness (QED) is 0.598. The van der Waals surface area contributed by atoms with Crippen LogP contribution in [0.25, 0.3) is 0 Å². The van der Waals surface area contributed by atoms with E-state index in [-0.39, 0.29) is 35.8 Å². The molecule has 8 nitrogen and oxygen atoms in total. The molecule has 0 saturated carbocycles. The number of rotatable bonds is 6. The van der Waals surface area contributed by atoms with E-state index in [1.165, 1.54) is 10.4 Å². The summed E-state index contributed by atoms with van der Waals surface area (Å²) < 4.78 is 34.7. The van der Waals surface area contributed by atoms with Crippen LogP contribution >= 0.6 is 0 Å². The third-order valence-corrected chi connectivity index (χ3v) is 7.76. The molecule has 0 aliphatic carbocycles. The van der Waals surface area contributed by atoms with E-state index in [9.17, 15) is 18.6 Å².